The van der Waals surface area contributed by atoms with E-state index in [2.05, 4.69) is 29.2 Å². The van der Waals surface area contributed by atoms with Crippen molar-refractivity contribution in [1.82, 2.24) is 20.1 Å². The van der Waals surface area contributed by atoms with Gasteiger partial charge in [-0.1, -0.05) is 6.92 Å². The van der Waals surface area contributed by atoms with Gasteiger partial charge in [0.2, 0.25) is 0 Å². The molecule has 1 aromatic heterocycles. The Morgan fingerprint density at radius 2 is 2.36 bits per heavy atom. The second-order valence-electron chi connectivity index (χ2n) is 2.27. The van der Waals surface area contributed by atoms with Crippen LogP contribution in [0.15, 0.2) is 6.33 Å². The summed E-state index contributed by atoms with van der Waals surface area (Å²) < 4.78 is 1.89. The second-order valence-corrected chi connectivity index (χ2v) is 2.27. The van der Waals surface area contributed by atoms with Crippen LogP contribution in [0.1, 0.15) is 19.7 Å². The molecule has 62 valence electrons. The van der Waals surface area contributed by atoms with E-state index in [1.165, 1.54) is 0 Å². The van der Waals surface area contributed by atoms with Gasteiger partial charge in [0.25, 0.3) is 0 Å². The van der Waals surface area contributed by atoms with Gasteiger partial charge < -0.3 is 5.32 Å². The maximum absolute atomic E-state index is 4.11. The molecule has 1 N–H and O–H groups in total. The number of hydrogen-bond donors (Lipinski definition) is 1. The van der Waals surface area contributed by atoms with Gasteiger partial charge in [0.1, 0.15) is 12.2 Å². The van der Waals surface area contributed by atoms with Crippen LogP contribution in [0.25, 0.3) is 0 Å². The summed E-state index contributed by atoms with van der Waals surface area (Å²) >= 11 is 0. The normalized spacial score (nSPS) is 10.4. The Hall–Kier alpha value is -0.900. The molecule has 4 nitrogen and oxygen atoms in total. The van der Waals surface area contributed by atoms with Crippen molar-refractivity contribution in [3.63, 3.8) is 0 Å². The highest BCUT2D eigenvalue weighted by molar-refractivity contribution is 4.82. The predicted molar refractivity (Wildman–Crippen MR) is 43.1 cm³/mol. The molecule has 0 aliphatic heterocycles. The van der Waals surface area contributed by atoms with E-state index in [4.69, 9.17) is 0 Å². The maximum atomic E-state index is 4.11. The topological polar surface area (TPSA) is 42.7 Å². The van der Waals surface area contributed by atoms with Crippen LogP contribution < -0.4 is 5.32 Å². The molecule has 0 bridgehead atoms. The van der Waals surface area contributed by atoms with Crippen LogP contribution in [-0.2, 0) is 13.1 Å². The molecule has 0 saturated carbocycles. The molecule has 1 heterocycles. The lowest BCUT2D eigenvalue weighted by Gasteiger charge is -2.01. The van der Waals surface area contributed by atoms with E-state index in [1.807, 2.05) is 4.68 Å². The smallest absolute Gasteiger partial charge is 0.140 e. The van der Waals surface area contributed by atoms with Gasteiger partial charge >= 0.3 is 0 Å². The molecule has 11 heavy (non-hydrogen) atoms. The van der Waals surface area contributed by atoms with Crippen LogP contribution in [0.5, 0.6) is 0 Å². The summed E-state index contributed by atoms with van der Waals surface area (Å²) in [4.78, 5) is 4.11. The number of hydrogen-bond acceptors (Lipinski definition) is 3. The third kappa shape index (κ3) is 2.01. The summed E-state index contributed by atoms with van der Waals surface area (Å²) in [5.74, 6) is 1.01. The molecule has 0 atom stereocenters. The average molecular weight is 154 g/mol. The lowest BCUT2D eigenvalue weighted by molar-refractivity contribution is 0.581. The summed E-state index contributed by atoms with van der Waals surface area (Å²) in [5.41, 5.74) is 0. The number of aryl methyl sites for hydroxylation is 1. The molecular weight excluding hydrogens is 140 g/mol. The lowest BCUT2D eigenvalue weighted by atomic mass is 10.5. The Morgan fingerprint density at radius 1 is 1.55 bits per heavy atom. The molecule has 0 radical (unpaired) electrons. The van der Waals surface area contributed by atoms with E-state index in [0.29, 0.717) is 0 Å². The predicted octanol–water partition coefficient (Wildman–Crippen LogP) is 0.407. The highest BCUT2D eigenvalue weighted by atomic mass is 15.3. The third-order valence-corrected chi connectivity index (χ3v) is 1.53. The van der Waals surface area contributed by atoms with Crippen LogP contribution in [0.3, 0.4) is 0 Å². The Balaban J connectivity index is 2.54. The fourth-order valence-electron chi connectivity index (χ4n) is 0.926. The minimum absolute atomic E-state index is 0.810. The van der Waals surface area contributed by atoms with E-state index < -0.39 is 0 Å². The molecule has 0 aromatic carbocycles. The van der Waals surface area contributed by atoms with Gasteiger partial charge in [-0.15, -0.1) is 0 Å². The van der Waals surface area contributed by atoms with E-state index >= 15 is 0 Å². The van der Waals surface area contributed by atoms with Crippen molar-refractivity contribution in [2.45, 2.75) is 26.9 Å². The first-order chi connectivity index (χ1) is 5.38. The van der Waals surface area contributed by atoms with Gasteiger partial charge in [-0.25, -0.2) is 9.67 Å². The van der Waals surface area contributed by atoms with Crippen molar-refractivity contribution in [2.24, 2.45) is 0 Å². The second kappa shape index (κ2) is 4.08. The van der Waals surface area contributed by atoms with Crippen molar-refractivity contribution in [3.05, 3.63) is 12.2 Å². The lowest BCUT2D eigenvalue weighted by Crippen LogP contribution is -2.16. The van der Waals surface area contributed by atoms with Crippen LogP contribution in [0.2, 0.25) is 0 Å². The van der Waals surface area contributed by atoms with Gasteiger partial charge in [0.15, 0.2) is 0 Å². The van der Waals surface area contributed by atoms with Gasteiger partial charge in [-0.3, -0.25) is 0 Å². The van der Waals surface area contributed by atoms with Gasteiger partial charge in [-0.2, -0.15) is 5.10 Å². The average Bonchev–Trinajstić information content (AvgIpc) is 2.47. The van der Waals surface area contributed by atoms with E-state index in [1.54, 1.807) is 6.33 Å². The molecule has 0 aliphatic rings. The molecule has 1 aromatic rings. The fraction of sp³-hybridized carbons (Fsp3) is 0.714. The van der Waals surface area contributed by atoms with Gasteiger partial charge in [-0.05, 0) is 13.5 Å². The minimum atomic E-state index is 0.810. The number of nitrogens with one attached hydrogen (secondary N) is 1. The zero-order chi connectivity index (χ0) is 8.10. The molecule has 0 aliphatic carbocycles. The van der Waals surface area contributed by atoms with E-state index in [-0.39, 0.29) is 0 Å². The van der Waals surface area contributed by atoms with E-state index in [0.717, 1.165) is 25.5 Å². The molecule has 0 fully saturated rings. The quantitative estimate of drug-likeness (QED) is 0.683. The standard InChI is InChI=1S/C7H14N4/c1-3-8-5-7-9-6-10-11(7)4-2/h6,8H,3-5H2,1-2H3. The molecular formula is C7H14N4. The van der Waals surface area contributed by atoms with Crippen LogP contribution >= 0.6 is 0 Å². The number of rotatable bonds is 4. The first kappa shape index (κ1) is 8.20. The Bertz CT molecular complexity index is 206. The summed E-state index contributed by atoms with van der Waals surface area (Å²) in [6, 6.07) is 0. The molecule has 0 unspecified atom stereocenters. The SMILES string of the molecule is CCNCc1ncnn1CC. The summed E-state index contributed by atoms with van der Waals surface area (Å²) in [5, 5.41) is 7.26. The summed E-state index contributed by atoms with van der Waals surface area (Å²) in [6.45, 7) is 6.80. The van der Waals surface area contributed by atoms with Crippen LogP contribution in [0.4, 0.5) is 0 Å². The fourth-order valence-corrected chi connectivity index (χ4v) is 0.926. The largest absolute Gasteiger partial charge is 0.310 e. The maximum Gasteiger partial charge on any atom is 0.140 e. The van der Waals surface area contributed by atoms with Crippen molar-refractivity contribution in [1.29, 1.82) is 0 Å². The number of nitrogens with zero attached hydrogens (tertiary/aromatic N) is 3. The van der Waals surface area contributed by atoms with Crippen molar-refractivity contribution >= 4 is 0 Å². The van der Waals surface area contributed by atoms with Crippen molar-refractivity contribution in [3.8, 4) is 0 Å². The van der Waals surface area contributed by atoms with Crippen LogP contribution in [-0.4, -0.2) is 21.3 Å². The molecule has 0 spiro atoms. The number of aromatic nitrogens is 3. The van der Waals surface area contributed by atoms with Gasteiger partial charge in [0, 0.05) is 6.54 Å². The highest BCUT2D eigenvalue weighted by Gasteiger charge is 1.99. The van der Waals surface area contributed by atoms with Crippen molar-refractivity contribution < 1.29 is 0 Å². The first-order valence-corrected chi connectivity index (χ1v) is 3.95. The zero-order valence-electron chi connectivity index (χ0n) is 7.04. The monoisotopic (exact) mass is 154 g/mol. The van der Waals surface area contributed by atoms with E-state index in [9.17, 15) is 0 Å². The van der Waals surface area contributed by atoms with Crippen molar-refractivity contribution in [2.75, 3.05) is 6.54 Å². The van der Waals surface area contributed by atoms with Crippen LogP contribution in [0, 0.1) is 0 Å². The summed E-state index contributed by atoms with van der Waals surface area (Å²) in [7, 11) is 0. The summed E-state index contributed by atoms with van der Waals surface area (Å²) in [6.07, 6.45) is 1.59. The Labute approximate surface area is 66.6 Å². The molecule has 1 rings (SSSR count). The Kier molecular flexibility index (Phi) is 3.04. The first-order valence-electron chi connectivity index (χ1n) is 3.95. The molecule has 0 saturated heterocycles. The third-order valence-electron chi connectivity index (χ3n) is 1.53. The molecule has 4 heteroatoms. The highest BCUT2D eigenvalue weighted by Crippen LogP contribution is 1.91. The Morgan fingerprint density at radius 3 is 3.00 bits per heavy atom. The molecule has 0 amide bonds. The zero-order valence-corrected chi connectivity index (χ0v) is 7.04. The van der Waals surface area contributed by atoms with Gasteiger partial charge in [0.05, 0.1) is 6.54 Å². The minimum Gasteiger partial charge on any atom is -0.310 e.